The summed E-state index contributed by atoms with van der Waals surface area (Å²) < 4.78 is 0. The predicted molar refractivity (Wildman–Crippen MR) is 140 cm³/mol. The maximum absolute atomic E-state index is 12.6. The third kappa shape index (κ3) is 5.53. The molecule has 9 nitrogen and oxygen atoms in total. The van der Waals surface area contributed by atoms with Crippen molar-refractivity contribution in [2.24, 2.45) is 0 Å². The second kappa shape index (κ2) is 10.1. The molecule has 0 atom stereocenters. The molecule has 1 amide bonds. The summed E-state index contributed by atoms with van der Waals surface area (Å²) >= 11 is 0. The van der Waals surface area contributed by atoms with E-state index in [1.165, 1.54) is 16.6 Å². The van der Waals surface area contributed by atoms with Gasteiger partial charge in [0.2, 0.25) is 0 Å². The molecule has 0 unspecified atom stereocenters. The number of rotatable bonds is 7. The third-order valence-corrected chi connectivity index (χ3v) is 5.29. The second-order valence-corrected chi connectivity index (χ2v) is 8.19. The average Bonchev–Trinajstić information content (AvgIpc) is 3.38. The van der Waals surface area contributed by atoms with Crippen molar-refractivity contribution < 1.29 is 4.79 Å². The SMILES string of the molecule is Cc1ccc(Nc2cc(Nc3ccc(NC(=O)c4cnn(-c5ccccc5)n4)cc3)nc(C)n2)cc1. The number of amides is 1. The smallest absolute Gasteiger partial charge is 0.277 e. The minimum absolute atomic E-state index is 0.228. The monoisotopic (exact) mass is 476 g/mol. The highest BCUT2D eigenvalue weighted by molar-refractivity contribution is 6.02. The first-order chi connectivity index (χ1) is 17.5. The van der Waals surface area contributed by atoms with Crippen LogP contribution >= 0.6 is 0 Å². The minimum atomic E-state index is -0.337. The van der Waals surface area contributed by atoms with Crippen LogP contribution in [-0.4, -0.2) is 30.9 Å². The highest BCUT2D eigenvalue weighted by atomic mass is 16.2. The molecular formula is C27H24N8O. The van der Waals surface area contributed by atoms with Crippen molar-refractivity contribution in [3.05, 3.63) is 108 Å². The van der Waals surface area contributed by atoms with Gasteiger partial charge in [-0.05, 0) is 62.4 Å². The number of benzene rings is 3. The quantitative estimate of drug-likeness (QED) is 0.288. The van der Waals surface area contributed by atoms with Crippen LogP contribution in [-0.2, 0) is 0 Å². The molecule has 9 heteroatoms. The molecule has 2 aromatic heterocycles. The molecule has 178 valence electrons. The Kier molecular flexibility index (Phi) is 6.35. The van der Waals surface area contributed by atoms with Crippen molar-refractivity contribution in [3.63, 3.8) is 0 Å². The van der Waals surface area contributed by atoms with Gasteiger partial charge in [0.25, 0.3) is 5.91 Å². The zero-order chi connectivity index (χ0) is 24.9. The molecule has 0 aliphatic rings. The van der Waals surface area contributed by atoms with Gasteiger partial charge in [-0.25, -0.2) is 9.97 Å². The summed E-state index contributed by atoms with van der Waals surface area (Å²) in [5, 5.41) is 17.9. The maximum Gasteiger partial charge on any atom is 0.277 e. The summed E-state index contributed by atoms with van der Waals surface area (Å²) in [6.07, 6.45) is 1.44. The Hall–Kier alpha value is -5.05. The standard InChI is InChI=1S/C27H24N8O/c1-18-8-10-20(11-9-18)31-25-16-26(30-19(2)29-25)32-21-12-14-22(15-13-21)33-27(36)24-17-28-35(34-24)23-6-4-3-5-7-23/h3-17H,1-2H3,(H,33,36)(H2,29,30,31,32). The highest BCUT2D eigenvalue weighted by Gasteiger charge is 2.12. The first kappa shape index (κ1) is 22.7. The van der Waals surface area contributed by atoms with Crippen LogP contribution in [0.5, 0.6) is 0 Å². The Labute approximate surface area is 208 Å². The topological polar surface area (TPSA) is 110 Å². The van der Waals surface area contributed by atoms with Gasteiger partial charge in [0.1, 0.15) is 17.5 Å². The molecule has 5 rings (SSSR count). The van der Waals surface area contributed by atoms with Crippen LogP contribution in [0.2, 0.25) is 0 Å². The molecule has 5 aromatic rings. The molecule has 0 saturated heterocycles. The van der Waals surface area contributed by atoms with Crippen LogP contribution in [0.1, 0.15) is 21.9 Å². The fourth-order valence-electron chi connectivity index (χ4n) is 3.51. The average molecular weight is 477 g/mol. The van der Waals surface area contributed by atoms with Gasteiger partial charge in [-0.2, -0.15) is 9.90 Å². The van der Waals surface area contributed by atoms with Crippen molar-refractivity contribution in [1.82, 2.24) is 25.0 Å². The Bertz CT molecular complexity index is 1480. The van der Waals surface area contributed by atoms with Crippen molar-refractivity contribution in [2.75, 3.05) is 16.0 Å². The molecule has 3 aromatic carbocycles. The molecule has 0 bridgehead atoms. The maximum atomic E-state index is 12.6. The van der Waals surface area contributed by atoms with E-state index in [9.17, 15) is 4.79 Å². The van der Waals surface area contributed by atoms with Crippen LogP contribution in [0.3, 0.4) is 0 Å². The number of nitrogens with one attached hydrogen (secondary N) is 3. The van der Waals surface area contributed by atoms with E-state index in [1.54, 1.807) is 12.1 Å². The molecule has 0 aliphatic heterocycles. The molecular weight excluding hydrogens is 452 g/mol. The number of carbonyl (C=O) groups is 1. The lowest BCUT2D eigenvalue weighted by Crippen LogP contribution is -2.13. The van der Waals surface area contributed by atoms with Gasteiger partial charge in [-0.15, -0.1) is 5.10 Å². The zero-order valence-electron chi connectivity index (χ0n) is 19.8. The number of para-hydroxylation sites is 1. The van der Waals surface area contributed by atoms with Gasteiger partial charge in [0.05, 0.1) is 11.9 Å². The van der Waals surface area contributed by atoms with Crippen LogP contribution < -0.4 is 16.0 Å². The number of nitrogens with zero attached hydrogens (tertiary/aromatic N) is 5. The van der Waals surface area contributed by atoms with E-state index in [4.69, 9.17) is 0 Å². The number of anilines is 5. The Morgan fingerprint density at radius 2 is 1.33 bits per heavy atom. The molecule has 0 spiro atoms. The van der Waals surface area contributed by atoms with E-state index < -0.39 is 0 Å². The minimum Gasteiger partial charge on any atom is -0.340 e. The first-order valence-corrected chi connectivity index (χ1v) is 11.4. The molecule has 0 saturated carbocycles. The van der Waals surface area contributed by atoms with E-state index in [-0.39, 0.29) is 11.6 Å². The van der Waals surface area contributed by atoms with Gasteiger partial charge >= 0.3 is 0 Å². The number of hydrogen-bond donors (Lipinski definition) is 3. The summed E-state index contributed by atoms with van der Waals surface area (Å²) in [7, 11) is 0. The number of aromatic nitrogens is 5. The summed E-state index contributed by atoms with van der Waals surface area (Å²) in [4.78, 5) is 23.0. The molecule has 0 aliphatic carbocycles. The van der Waals surface area contributed by atoms with Crippen LogP contribution in [0.25, 0.3) is 5.69 Å². The summed E-state index contributed by atoms with van der Waals surface area (Å²) in [5.74, 6) is 1.66. The van der Waals surface area contributed by atoms with Gasteiger partial charge in [0, 0.05) is 23.1 Å². The second-order valence-electron chi connectivity index (χ2n) is 8.19. The highest BCUT2D eigenvalue weighted by Crippen LogP contribution is 2.22. The van der Waals surface area contributed by atoms with E-state index >= 15 is 0 Å². The number of carbonyl (C=O) groups excluding carboxylic acids is 1. The summed E-state index contributed by atoms with van der Waals surface area (Å²) in [5.41, 5.74) is 4.62. The van der Waals surface area contributed by atoms with E-state index in [0.717, 1.165) is 17.1 Å². The Morgan fingerprint density at radius 3 is 1.97 bits per heavy atom. The lowest BCUT2D eigenvalue weighted by Gasteiger charge is -2.11. The molecule has 3 N–H and O–H groups in total. The van der Waals surface area contributed by atoms with Crippen molar-refractivity contribution >= 4 is 34.6 Å². The van der Waals surface area contributed by atoms with E-state index in [0.29, 0.717) is 23.1 Å². The van der Waals surface area contributed by atoms with Crippen LogP contribution in [0, 0.1) is 13.8 Å². The van der Waals surface area contributed by atoms with Gasteiger partial charge < -0.3 is 16.0 Å². The van der Waals surface area contributed by atoms with Crippen molar-refractivity contribution in [1.29, 1.82) is 0 Å². The summed E-state index contributed by atoms with van der Waals surface area (Å²) in [6.45, 7) is 3.89. The van der Waals surface area contributed by atoms with Gasteiger partial charge in [-0.3, -0.25) is 4.79 Å². The van der Waals surface area contributed by atoms with E-state index in [2.05, 4.69) is 36.1 Å². The molecule has 0 fully saturated rings. The zero-order valence-corrected chi connectivity index (χ0v) is 19.8. The molecule has 2 heterocycles. The van der Waals surface area contributed by atoms with Crippen LogP contribution in [0.4, 0.5) is 28.7 Å². The number of aryl methyl sites for hydroxylation is 2. The van der Waals surface area contributed by atoms with Gasteiger partial charge in [0.15, 0.2) is 5.69 Å². The fraction of sp³-hybridized carbons (Fsp3) is 0.0741. The predicted octanol–water partition coefficient (Wildman–Crippen LogP) is 5.41. The first-order valence-electron chi connectivity index (χ1n) is 11.4. The van der Waals surface area contributed by atoms with Crippen molar-refractivity contribution in [2.45, 2.75) is 13.8 Å². The summed E-state index contributed by atoms with van der Waals surface area (Å²) in [6, 6.07) is 26.7. The third-order valence-electron chi connectivity index (χ3n) is 5.29. The Balaban J connectivity index is 1.23. The van der Waals surface area contributed by atoms with Crippen LogP contribution in [0.15, 0.2) is 91.1 Å². The Morgan fingerprint density at radius 1 is 0.750 bits per heavy atom. The largest absolute Gasteiger partial charge is 0.340 e. The fourth-order valence-corrected chi connectivity index (χ4v) is 3.51. The molecule has 0 radical (unpaired) electrons. The van der Waals surface area contributed by atoms with E-state index in [1.807, 2.05) is 86.6 Å². The number of hydrogen-bond acceptors (Lipinski definition) is 7. The normalized spacial score (nSPS) is 10.6. The van der Waals surface area contributed by atoms with Gasteiger partial charge in [-0.1, -0.05) is 35.9 Å². The lowest BCUT2D eigenvalue weighted by molar-refractivity contribution is 0.102. The lowest BCUT2D eigenvalue weighted by atomic mass is 10.2. The molecule has 36 heavy (non-hydrogen) atoms. The van der Waals surface area contributed by atoms with Crippen molar-refractivity contribution in [3.8, 4) is 5.69 Å².